The van der Waals surface area contributed by atoms with Crippen molar-refractivity contribution >= 4 is 34.8 Å². The average molecular weight is 418 g/mol. The van der Waals surface area contributed by atoms with Crippen LogP contribution in [-0.2, 0) is 10.0 Å². The Bertz CT molecular complexity index is 433. The van der Waals surface area contributed by atoms with Gasteiger partial charge in [-0.05, 0) is 24.7 Å². The van der Waals surface area contributed by atoms with E-state index in [1.807, 2.05) is 0 Å². The molecule has 0 aromatic heterocycles. The lowest BCUT2D eigenvalue weighted by Gasteiger charge is -2.42. The van der Waals surface area contributed by atoms with Crippen molar-refractivity contribution < 1.29 is 8.42 Å². The first kappa shape index (κ1) is 25.4. The van der Waals surface area contributed by atoms with E-state index in [1.54, 1.807) is 4.31 Å². The summed E-state index contributed by atoms with van der Waals surface area (Å²) in [5.74, 6) is 1.01. The van der Waals surface area contributed by atoms with Gasteiger partial charge in [0.05, 0.1) is 6.26 Å². The fraction of sp³-hybridized carbons (Fsp3) is 1.00. The van der Waals surface area contributed by atoms with Gasteiger partial charge in [0, 0.05) is 45.3 Å². The zero-order valence-corrected chi connectivity index (χ0v) is 18.4. The Labute approximate surface area is 167 Å². The Kier molecular flexibility index (Phi) is 12.2. The Morgan fingerprint density at radius 1 is 1.04 bits per heavy atom. The third-order valence-corrected chi connectivity index (χ3v) is 6.48. The molecule has 2 aliphatic rings. The summed E-state index contributed by atoms with van der Waals surface area (Å²) in [5, 5.41) is 3.41. The zero-order valence-electron chi connectivity index (χ0n) is 15.9. The fourth-order valence-corrected chi connectivity index (χ4v) is 5.05. The van der Waals surface area contributed by atoms with Crippen molar-refractivity contribution in [2.45, 2.75) is 52.0 Å². The summed E-state index contributed by atoms with van der Waals surface area (Å²) >= 11 is 0. The summed E-state index contributed by atoms with van der Waals surface area (Å²) < 4.78 is 26.3. The van der Waals surface area contributed by atoms with Gasteiger partial charge in [-0.25, -0.2) is 12.7 Å². The first-order valence-corrected chi connectivity index (χ1v) is 11.1. The van der Waals surface area contributed by atoms with Crippen LogP contribution in [0.5, 0.6) is 0 Å². The second kappa shape index (κ2) is 12.0. The first-order chi connectivity index (χ1) is 10.9. The van der Waals surface area contributed by atoms with Crippen LogP contribution in [-0.4, -0.2) is 69.2 Å². The minimum Gasteiger partial charge on any atom is -0.314 e. The lowest BCUT2D eigenvalue weighted by atomic mass is 9.83. The van der Waals surface area contributed by atoms with E-state index in [4.69, 9.17) is 0 Å². The number of sulfonamides is 1. The molecule has 0 radical (unpaired) electrons. The summed E-state index contributed by atoms with van der Waals surface area (Å²) in [5.41, 5.74) is 0. The fourth-order valence-electron chi connectivity index (χ4n) is 4.06. The molecule has 152 valence electrons. The maximum Gasteiger partial charge on any atom is 0.211 e. The molecule has 25 heavy (non-hydrogen) atoms. The normalized spacial score (nSPS) is 21.6. The Morgan fingerprint density at radius 2 is 1.60 bits per heavy atom. The van der Waals surface area contributed by atoms with Gasteiger partial charge in [0.1, 0.15) is 0 Å². The van der Waals surface area contributed by atoms with Crippen molar-refractivity contribution in [1.29, 1.82) is 0 Å². The molecule has 1 aliphatic carbocycles. The summed E-state index contributed by atoms with van der Waals surface area (Å²) in [4.78, 5) is 2.55. The van der Waals surface area contributed by atoms with E-state index < -0.39 is 10.0 Å². The molecule has 1 N–H and O–H groups in total. The van der Waals surface area contributed by atoms with Gasteiger partial charge in [-0.15, -0.1) is 24.8 Å². The van der Waals surface area contributed by atoms with E-state index in [9.17, 15) is 8.42 Å². The van der Waals surface area contributed by atoms with Gasteiger partial charge in [-0.1, -0.05) is 33.1 Å². The van der Waals surface area contributed by atoms with Crippen LogP contribution < -0.4 is 5.32 Å². The van der Waals surface area contributed by atoms with Crippen LogP contribution in [0.1, 0.15) is 46.0 Å². The maximum absolute atomic E-state index is 12.3. The van der Waals surface area contributed by atoms with Gasteiger partial charge in [0.15, 0.2) is 0 Å². The highest BCUT2D eigenvalue weighted by atomic mass is 35.5. The van der Waals surface area contributed by atoms with Gasteiger partial charge in [-0.3, -0.25) is 4.90 Å². The summed E-state index contributed by atoms with van der Waals surface area (Å²) in [7, 11) is -3.14. The molecule has 1 heterocycles. The smallest absolute Gasteiger partial charge is 0.211 e. The summed E-state index contributed by atoms with van der Waals surface area (Å²) in [6.45, 7) is 9.62. The second-order valence-electron chi connectivity index (χ2n) is 7.73. The molecule has 2 rings (SSSR count). The van der Waals surface area contributed by atoms with Crippen LogP contribution in [0.3, 0.4) is 0 Å². The van der Waals surface area contributed by atoms with Crippen molar-refractivity contribution in [1.82, 2.24) is 14.5 Å². The molecule has 0 aromatic carbocycles. The molecule has 5 nitrogen and oxygen atoms in total. The van der Waals surface area contributed by atoms with Gasteiger partial charge >= 0.3 is 0 Å². The van der Waals surface area contributed by atoms with E-state index >= 15 is 0 Å². The monoisotopic (exact) mass is 417 g/mol. The van der Waals surface area contributed by atoms with Crippen LogP contribution in [0, 0.1) is 11.8 Å². The number of nitrogens with zero attached hydrogens (tertiary/aromatic N) is 2. The Morgan fingerprint density at radius 3 is 2.08 bits per heavy atom. The highest BCUT2D eigenvalue weighted by Crippen LogP contribution is 2.30. The number of halogens is 2. The van der Waals surface area contributed by atoms with Crippen LogP contribution in [0.4, 0.5) is 0 Å². The molecule has 1 saturated carbocycles. The van der Waals surface area contributed by atoms with Gasteiger partial charge in [-0.2, -0.15) is 0 Å². The predicted molar refractivity (Wildman–Crippen MR) is 111 cm³/mol. The van der Waals surface area contributed by atoms with Crippen molar-refractivity contribution in [2.24, 2.45) is 11.8 Å². The van der Waals surface area contributed by atoms with Gasteiger partial charge in [0.2, 0.25) is 10.0 Å². The number of nitrogens with one attached hydrogen (secondary N) is 1. The standard InChI is InChI=1S/C17H35N3O2S.2ClH/c1-15(2)13-20(23(3,21)22)14-17(16-7-5-4-6-8-16)19-11-9-18-10-12-19;;/h15-18H,4-14H2,1-3H3;2*1H. The van der Waals surface area contributed by atoms with E-state index in [1.165, 1.54) is 38.4 Å². The first-order valence-electron chi connectivity index (χ1n) is 9.28. The largest absolute Gasteiger partial charge is 0.314 e. The summed E-state index contributed by atoms with van der Waals surface area (Å²) in [6.07, 6.45) is 7.83. The van der Waals surface area contributed by atoms with E-state index in [2.05, 4.69) is 24.1 Å². The number of hydrogen-bond acceptors (Lipinski definition) is 4. The lowest BCUT2D eigenvalue weighted by Crippen LogP contribution is -2.55. The molecule has 1 aliphatic heterocycles. The number of piperazine rings is 1. The molecule has 8 heteroatoms. The van der Waals surface area contributed by atoms with Crippen LogP contribution >= 0.6 is 24.8 Å². The molecule has 0 spiro atoms. The third kappa shape index (κ3) is 8.31. The molecule has 1 saturated heterocycles. The van der Waals surface area contributed by atoms with Gasteiger partial charge < -0.3 is 5.32 Å². The zero-order chi connectivity index (χ0) is 16.9. The molecule has 0 bridgehead atoms. The minimum atomic E-state index is -3.14. The minimum absolute atomic E-state index is 0. The van der Waals surface area contributed by atoms with E-state index in [0.717, 1.165) is 26.2 Å². The molecular weight excluding hydrogens is 381 g/mol. The highest BCUT2D eigenvalue weighted by molar-refractivity contribution is 7.88. The van der Waals surface area contributed by atoms with Crippen molar-refractivity contribution in [3.8, 4) is 0 Å². The summed E-state index contributed by atoms with van der Waals surface area (Å²) in [6, 6.07) is 0.380. The molecular formula is C17H37Cl2N3O2S. The Balaban J connectivity index is 0.00000288. The van der Waals surface area contributed by atoms with E-state index in [0.29, 0.717) is 31.0 Å². The molecule has 0 aromatic rings. The van der Waals surface area contributed by atoms with Crippen LogP contribution in [0.25, 0.3) is 0 Å². The van der Waals surface area contributed by atoms with Gasteiger partial charge in [0.25, 0.3) is 0 Å². The molecule has 1 unspecified atom stereocenters. The third-order valence-electron chi connectivity index (χ3n) is 5.24. The van der Waals surface area contributed by atoms with E-state index in [-0.39, 0.29) is 24.8 Å². The maximum atomic E-state index is 12.3. The Hall–Kier alpha value is 0.410. The highest BCUT2D eigenvalue weighted by Gasteiger charge is 2.33. The van der Waals surface area contributed by atoms with Crippen molar-refractivity contribution in [3.05, 3.63) is 0 Å². The van der Waals surface area contributed by atoms with Crippen molar-refractivity contribution in [3.63, 3.8) is 0 Å². The molecule has 0 amide bonds. The quantitative estimate of drug-likeness (QED) is 0.691. The molecule has 2 fully saturated rings. The topological polar surface area (TPSA) is 52.6 Å². The van der Waals surface area contributed by atoms with Crippen molar-refractivity contribution in [2.75, 3.05) is 45.5 Å². The van der Waals surface area contributed by atoms with Crippen LogP contribution in [0.2, 0.25) is 0 Å². The number of rotatable bonds is 7. The SMILES string of the molecule is CC(C)CN(CC(C1CCCCC1)N1CCNCC1)S(C)(=O)=O.Cl.Cl. The predicted octanol–water partition coefficient (Wildman–Crippen LogP) is 2.60. The van der Waals surface area contributed by atoms with Crippen LogP contribution in [0.15, 0.2) is 0 Å². The lowest BCUT2D eigenvalue weighted by molar-refractivity contribution is 0.0859. The molecule has 1 atom stereocenters. The number of hydrogen-bond donors (Lipinski definition) is 1. The second-order valence-corrected chi connectivity index (χ2v) is 9.71. The average Bonchev–Trinajstić information content (AvgIpc) is 2.51.